The number of aryl methyl sites for hydroxylation is 1. The fraction of sp³-hybridized carbons (Fsp3) is 0.273. The molecule has 4 heteroatoms. The van der Waals surface area contributed by atoms with Crippen LogP contribution >= 0.6 is 0 Å². The van der Waals surface area contributed by atoms with E-state index in [1.165, 1.54) is 6.08 Å². The number of fused-ring (bicyclic) bond motifs is 1. The summed E-state index contributed by atoms with van der Waals surface area (Å²) in [5.41, 5.74) is 3.18. The summed E-state index contributed by atoms with van der Waals surface area (Å²) in [7, 11) is 0. The van der Waals surface area contributed by atoms with E-state index in [2.05, 4.69) is 5.32 Å². The van der Waals surface area contributed by atoms with Crippen LogP contribution < -0.4 is 5.32 Å². The first-order valence-electron chi connectivity index (χ1n) is 8.83. The molecular formula is C22H23NO3. The molecular weight excluding hydrogens is 326 g/mol. The van der Waals surface area contributed by atoms with E-state index < -0.39 is 5.54 Å². The van der Waals surface area contributed by atoms with Gasteiger partial charge >= 0.3 is 5.97 Å². The molecule has 1 aliphatic rings. The lowest BCUT2D eigenvalue weighted by Gasteiger charge is -2.27. The number of nitrogens with one attached hydrogen (secondary N) is 1. The van der Waals surface area contributed by atoms with Crippen molar-refractivity contribution in [2.45, 2.75) is 32.2 Å². The van der Waals surface area contributed by atoms with Crippen molar-refractivity contribution in [1.82, 2.24) is 5.32 Å². The van der Waals surface area contributed by atoms with Crippen molar-refractivity contribution >= 4 is 18.0 Å². The molecule has 3 rings (SSSR count). The Labute approximate surface area is 153 Å². The second-order valence-electron chi connectivity index (χ2n) is 6.66. The van der Waals surface area contributed by atoms with E-state index in [-0.39, 0.29) is 18.5 Å². The van der Waals surface area contributed by atoms with Crippen LogP contribution in [0.4, 0.5) is 0 Å². The van der Waals surface area contributed by atoms with Crippen LogP contribution in [0.15, 0.2) is 54.6 Å². The van der Waals surface area contributed by atoms with E-state index >= 15 is 0 Å². The molecule has 134 valence electrons. The lowest BCUT2D eigenvalue weighted by molar-refractivity contribution is -0.152. The van der Waals surface area contributed by atoms with Crippen LogP contribution in [0.1, 0.15) is 29.2 Å². The summed E-state index contributed by atoms with van der Waals surface area (Å²) in [5.74, 6) is -0.680. The third-order valence-electron chi connectivity index (χ3n) is 4.60. The molecule has 0 aliphatic heterocycles. The van der Waals surface area contributed by atoms with Crippen molar-refractivity contribution in [3.8, 4) is 0 Å². The first-order chi connectivity index (χ1) is 12.5. The van der Waals surface area contributed by atoms with Gasteiger partial charge in [-0.15, -0.1) is 0 Å². The molecule has 2 aromatic rings. The van der Waals surface area contributed by atoms with Crippen LogP contribution in [0, 0.1) is 6.92 Å². The highest BCUT2D eigenvalue weighted by molar-refractivity contribution is 5.97. The zero-order valence-electron chi connectivity index (χ0n) is 15.1. The molecule has 26 heavy (non-hydrogen) atoms. The molecule has 0 saturated heterocycles. The molecule has 0 spiro atoms. The Morgan fingerprint density at radius 3 is 2.42 bits per heavy atom. The molecule has 0 radical (unpaired) electrons. The molecule has 0 heterocycles. The molecule has 0 atom stereocenters. The van der Waals surface area contributed by atoms with Gasteiger partial charge in [-0.05, 0) is 36.6 Å². The van der Waals surface area contributed by atoms with Crippen LogP contribution in [0.5, 0.6) is 0 Å². The van der Waals surface area contributed by atoms with Gasteiger partial charge in [0.05, 0.1) is 6.61 Å². The van der Waals surface area contributed by atoms with Crippen molar-refractivity contribution in [2.75, 3.05) is 6.61 Å². The van der Waals surface area contributed by atoms with Crippen molar-refractivity contribution < 1.29 is 14.3 Å². The highest BCUT2D eigenvalue weighted by Gasteiger charge is 2.46. The zero-order valence-corrected chi connectivity index (χ0v) is 15.1. The predicted octanol–water partition coefficient (Wildman–Crippen LogP) is 3.23. The van der Waals surface area contributed by atoms with E-state index in [4.69, 9.17) is 4.74 Å². The maximum atomic E-state index is 12.6. The molecule has 0 unspecified atom stereocenters. The molecule has 1 aliphatic carbocycles. The monoisotopic (exact) mass is 349 g/mol. The SMILES string of the molecule is CCOC(=O)C1(NC(=O)/C=C\c2cccc(C)c2)Cc2ccccc2C1. The summed E-state index contributed by atoms with van der Waals surface area (Å²) in [5, 5.41) is 2.91. The Balaban J connectivity index is 1.79. The summed E-state index contributed by atoms with van der Waals surface area (Å²) in [4.78, 5) is 25.1. The fourth-order valence-corrected chi connectivity index (χ4v) is 3.39. The number of hydrogen-bond acceptors (Lipinski definition) is 3. The van der Waals surface area contributed by atoms with Gasteiger partial charge in [0.2, 0.25) is 5.91 Å². The minimum Gasteiger partial charge on any atom is -0.464 e. The molecule has 0 fully saturated rings. The standard InChI is InChI=1S/C22H23NO3/c1-3-26-21(25)22(14-18-9-4-5-10-19(18)15-22)23-20(24)12-11-17-8-6-7-16(2)13-17/h4-13H,3,14-15H2,1-2H3,(H,23,24)/b12-11-. The Hall–Kier alpha value is -2.88. The van der Waals surface area contributed by atoms with Crippen LogP contribution in [-0.4, -0.2) is 24.0 Å². The topological polar surface area (TPSA) is 55.4 Å². The molecule has 2 aromatic carbocycles. The van der Waals surface area contributed by atoms with Crippen LogP contribution in [0.25, 0.3) is 6.08 Å². The molecule has 1 amide bonds. The number of amides is 1. The van der Waals surface area contributed by atoms with E-state index in [9.17, 15) is 9.59 Å². The average molecular weight is 349 g/mol. The number of carbonyl (C=O) groups excluding carboxylic acids is 2. The molecule has 0 bridgehead atoms. The van der Waals surface area contributed by atoms with E-state index in [0.29, 0.717) is 12.8 Å². The van der Waals surface area contributed by atoms with Crippen molar-refractivity contribution in [3.05, 3.63) is 76.9 Å². The van der Waals surface area contributed by atoms with Gasteiger partial charge in [0.25, 0.3) is 0 Å². The minimum absolute atomic E-state index is 0.284. The van der Waals surface area contributed by atoms with Gasteiger partial charge < -0.3 is 10.1 Å². The van der Waals surface area contributed by atoms with E-state index in [1.54, 1.807) is 13.0 Å². The van der Waals surface area contributed by atoms with Crippen molar-refractivity contribution in [2.24, 2.45) is 0 Å². The summed E-state index contributed by atoms with van der Waals surface area (Å²) in [6.07, 6.45) is 4.13. The van der Waals surface area contributed by atoms with Crippen molar-refractivity contribution in [3.63, 3.8) is 0 Å². The highest BCUT2D eigenvalue weighted by Crippen LogP contribution is 2.31. The zero-order chi connectivity index (χ0) is 18.6. The Morgan fingerprint density at radius 1 is 1.12 bits per heavy atom. The third kappa shape index (κ3) is 3.85. The fourth-order valence-electron chi connectivity index (χ4n) is 3.39. The number of hydrogen-bond donors (Lipinski definition) is 1. The number of benzene rings is 2. The molecule has 0 aromatic heterocycles. The summed E-state index contributed by atoms with van der Waals surface area (Å²) in [6, 6.07) is 15.7. The van der Waals surface area contributed by atoms with Gasteiger partial charge in [-0.25, -0.2) is 4.79 Å². The smallest absolute Gasteiger partial charge is 0.332 e. The second kappa shape index (κ2) is 7.56. The lowest BCUT2D eigenvalue weighted by Crippen LogP contribution is -2.55. The predicted molar refractivity (Wildman–Crippen MR) is 102 cm³/mol. The Bertz CT molecular complexity index is 829. The van der Waals surface area contributed by atoms with Gasteiger partial charge in [0, 0.05) is 18.9 Å². The number of rotatable bonds is 5. The van der Waals surface area contributed by atoms with Crippen LogP contribution in [0.3, 0.4) is 0 Å². The van der Waals surface area contributed by atoms with E-state index in [1.807, 2.05) is 55.5 Å². The average Bonchev–Trinajstić information content (AvgIpc) is 2.99. The first-order valence-corrected chi connectivity index (χ1v) is 8.83. The highest BCUT2D eigenvalue weighted by atomic mass is 16.5. The van der Waals surface area contributed by atoms with E-state index in [0.717, 1.165) is 22.3 Å². The van der Waals surface area contributed by atoms with Crippen LogP contribution in [0.2, 0.25) is 0 Å². The minimum atomic E-state index is -1.03. The van der Waals surface area contributed by atoms with Gasteiger partial charge in [-0.3, -0.25) is 4.79 Å². The second-order valence-corrected chi connectivity index (χ2v) is 6.66. The van der Waals surface area contributed by atoms with Gasteiger partial charge in [-0.2, -0.15) is 0 Å². The van der Waals surface area contributed by atoms with Gasteiger partial charge in [-0.1, -0.05) is 54.1 Å². The van der Waals surface area contributed by atoms with Crippen LogP contribution in [-0.2, 0) is 27.2 Å². The molecule has 4 nitrogen and oxygen atoms in total. The summed E-state index contributed by atoms with van der Waals surface area (Å²) < 4.78 is 5.26. The van der Waals surface area contributed by atoms with Crippen molar-refractivity contribution in [1.29, 1.82) is 0 Å². The van der Waals surface area contributed by atoms with Gasteiger partial charge in [0.1, 0.15) is 5.54 Å². The largest absolute Gasteiger partial charge is 0.464 e. The Kier molecular flexibility index (Phi) is 5.21. The molecule has 1 N–H and O–H groups in total. The first kappa shape index (κ1) is 17.9. The summed E-state index contributed by atoms with van der Waals surface area (Å²) >= 11 is 0. The van der Waals surface area contributed by atoms with Gasteiger partial charge in [0.15, 0.2) is 0 Å². The maximum Gasteiger partial charge on any atom is 0.332 e. The lowest BCUT2D eigenvalue weighted by atomic mass is 9.95. The quantitative estimate of drug-likeness (QED) is 0.666. The third-order valence-corrected chi connectivity index (χ3v) is 4.60. The maximum absolute atomic E-state index is 12.6. The number of ether oxygens (including phenoxy) is 1. The number of carbonyl (C=O) groups is 2. The normalized spacial score (nSPS) is 14.8. The molecule has 0 saturated carbocycles. The summed E-state index contributed by atoms with van der Waals surface area (Å²) in [6.45, 7) is 4.06. The number of esters is 1. The Morgan fingerprint density at radius 2 is 1.81 bits per heavy atom.